The van der Waals surface area contributed by atoms with Crippen LogP contribution in [0.25, 0.3) is 0 Å². The number of amides is 2. The lowest BCUT2D eigenvalue weighted by molar-refractivity contribution is -0.137. The lowest BCUT2D eigenvalue weighted by Crippen LogP contribution is -2.52. The summed E-state index contributed by atoms with van der Waals surface area (Å²) in [6, 6.07) is 0.0980. The Morgan fingerprint density at radius 1 is 1.50 bits per heavy atom. The topological polar surface area (TPSA) is 72.9 Å². The van der Waals surface area contributed by atoms with E-state index in [9.17, 15) is 9.59 Å². The van der Waals surface area contributed by atoms with E-state index in [-0.39, 0.29) is 18.5 Å². The van der Waals surface area contributed by atoms with Crippen molar-refractivity contribution in [1.29, 1.82) is 0 Å². The minimum atomic E-state index is -0.852. The summed E-state index contributed by atoms with van der Waals surface area (Å²) in [4.78, 5) is 26.8. The third-order valence-electron chi connectivity index (χ3n) is 3.52. The third-order valence-corrected chi connectivity index (χ3v) is 4.61. The third kappa shape index (κ3) is 5.58. The quantitative estimate of drug-likeness (QED) is 0.763. The van der Waals surface area contributed by atoms with Gasteiger partial charge < -0.3 is 20.2 Å². The molecular weight excluding hydrogens is 278 g/mol. The molecule has 0 aliphatic carbocycles. The Morgan fingerprint density at radius 2 is 2.20 bits per heavy atom. The Hall–Kier alpha value is -0.950. The van der Waals surface area contributed by atoms with E-state index in [0.29, 0.717) is 24.9 Å². The highest BCUT2D eigenvalue weighted by atomic mass is 32.2. The Labute approximate surface area is 124 Å². The van der Waals surface area contributed by atoms with Crippen LogP contribution in [0.4, 0.5) is 4.79 Å². The first-order valence-corrected chi connectivity index (χ1v) is 8.11. The lowest BCUT2D eigenvalue weighted by atomic mass is 10.2. The molecule has 0 spiro atoms. The molecule has 0 aromatic heterocycles. The summed E-state index contributed by atoms with van der Waals surface area (Å²) >= 11 is 1.71. The maximum Gasteiger partial charge on any atom is 0.317 e. The normalized spacial score (nSPS) is 19.4. The summed E-state index contributed by atoms with van der Waals surface area (Å²) in [6.45, 7) is 6.19. The van der Waals surface area contributed by atoms with Gasteiger partial charge in [0.1, 0.15) is 0 Å². The van der Waals surface area contributed by atoms with Gasteiger partial charge in [0.2, 0.25) is 0 Å². The van der Waals surface area contributed by atoms with Crippen molar-refractivity contribution in [3.8, 4) is 0 Å². The number of aliphatic carboxylic acids is 1. The fraction of sp³-hybridized carbons (Fsp3) is 0.846. The first kappa shape index (κ1) is 17.1. The van der Waals surface area contributed by atoms with Crippen molar-refractivity contribution < 1.29 is 14.7 Å². The number of nitrogens with zero attached hydrogens (tertiary/aromatic N) is 2. The minimum absolute atomic E-state index is 0.0202. The molecule has 6 nitrogen and oxygen atoms in total. The predicted octanol–water partition coefficient (Wildman–Crippen LogP) is 0.928. The van der Waals surface area contributed by atoms with E-state index < -0.39 is 5.97 Å². The first-order chi connectivity index (χ1) is 9.41. The molecule has 1 saturated heterocycles. The van der Waals surface area contributed by atoms with E-state index in [2.05, 4.69) is 24.1 Å². The SMILES string of the molecule is CC(C)N(C)CCNC(=O)N1CCSCC1CC(=O)O. The van der Waals surface area contributed by atoms with Gasteiger partial charge in [0.25, 0.3) is 0 Å². The molecule has 1 aliphatic rings. The number of urea groups is 1. The van der Waals surface area contributed by atoms with E-state index in [4.69, 9.17) is 5.11 Å². The van der Waals surface area contributed by atoms with E-state index >= 15 is 0 Å². The number of likely N-dealkylation sites (N-methyl/N-ethyl adjacent to an activating group) is 1. The van der Waals surface area contributed by atoms with E-state index in [1.54, 1.807) is 16.7 Å². The second-order valence-corrected chi connectivity index (χ2v) is 6.48. The van der Waals surface area contributed by atoms with E-state index in [1.165, 1.54) is 0 Å². The molecular formula is C13H25N3O3S. The molecule has 2 amide bonds. The molecule has 20 heavy (non-hydrogen) atoms. The fourth-order valence-electron chi connectivity index (χ4n) is 1.99. The Kier molecular flexibility index (Phi) is 7.15. The number of carbonyl (C=O) groups excluding carboxylic acids is 1. The van der Waals surface area contributed by atoms with E-state index in [0.717, 1.165) is 12.3 Å². The summed E-state index contributed by atoms with van der Waals surface area (Å²) in [5.41, 5.74) is 0. The molecule has 1 rings (SSSR count). The summed E-state index contributed by atoms with van der Waals surface area (Å²) in [5.74, 6) is 0.718. The van der Waals surface area contributed by atoms with Gasteiger partial charge in [0.15, 0.2) is 0 Å². The molecule has 0 aromatic carbocycles. The van der Waals surface area contributed by atoms with Crippen LogP contribution in [0.1, 0.15) is 20.3 Å². The average molecular weight is 303 g/mol. The van der Waals surface area contributed by atoms with Crippen LogP contribution in [0, 0.1) is 0 Å². The number of carboxylic acids is 1. The molecule has 1 unspecified atom stereocenters. The van der Waals surface area contributed by atoms with Crippen molar-refractivity contribution in [2.45, 2.75) is 32.4 Å². The average Bonchev–Trinajstić information content (AvgIpc) is 2.38. The zero-order chi connectivity index (χ0) is 15.1. The number of nitrogens with one attached hydrogen (secondary N) is 1. The van der Waals surface area contributed by atoms with Gasteiger partial charge in [0.05, 0.1) is 12.5 Å². The smallest absolute Gasteiger partial charge is 0.317 e. The maximum absolute atomic E-state index is 12.1. The fourth-order valence-corrected chi connectivity index (χ4v) is 3.05. The predicted molar refractivity (Wildman–Crippen MR) is 81.2 cm³/mol. The highest BCUT2D eigenvalue weighted by molar-refractivity contribution is 7.99. The van der Waals surface area contributed by atoms with Gasteiger partial charge >= 0.3 is 12.0 Å². The highest BCUT2D eigenvalue weighted by Crippen LogP contribution is 2.18. The molecule has 0 aromatic rings. The molecule has 1 aliphatic heterocycles. The van der Waals surface area contributed by atoms with Crippen LogP contribution in [0.3, 0.4) is 0 Å². The van der Waals surface area contributed by atoms with Crippen molar-refractivity contribution in [3.05, 3.63) is 0 Å². The monoisotopic (exact) mass is 303 g/mol. The first-order valence-electron chi connectivity index (χ1n) is 6.96. The van der Waals surface area contributed by atoms with Gasteiger partial charge in [0, 0.05) is 37.2 Å². The van der Waals surface area contributed by atoms with Crippen molar-refractivity contribution in [3.63, 3.8) is 0 Å². The van der Waals surface area contributed by atoms with Crippen LogP contribution in [0.5, 0.6) is 0 Å². The van der Waals surface area contributed by atoms with Crippen molar-refractivity contribution in [2.75, 3.05) is 38.2 Å². The number of hydrogen-bond acceptors (Lipinski definition) is 4. The Balaban J connectivity index is 2.41. The summed E-state index contributed by atoms with van der Waals surface area (Å²) in [5, 5.41) is 11.8. The second kappa shape index (κ2) is 8.36. The van der Waals surface area contributed by atoms with Gasteiger partial charge in [-0.2, -0.15) is 11.8 Å². The molecule has 1 heterocycles. The maximum atomic E-state index is 12.1. The Bertz CT molecular complexity index is 339. The zero-order valence-electron chi connectivity index (χ0n) is 12.5. The Morgan fingerprint density at radius 3 is 2.80 bits per heavy atom. The molecule has 0 saturated carbocycles. The van der Waals surface area contributed by atoms with Crippen LogP contribution in [-0.4, -0.2) is 77.2 Å². The second-order valence-electron chi connectivity index (χ2n) is 5.33. The van der Waals surface area contributed by atoms with Crippen molar-refractivity contribution in [1.82, 2.24) is 15.1 Å². The van der Waals surface area contributed by atoms with Gasteiger partial charge in [-0.3, -0.25) is 4.79 Å². The number of rotatable bonds is 6. The molecule has 7 heteroatoms. The number of carboxylic acid groups (broad SMARTS) is 1. The van der Waals surface area contributed by atoms with Crippen molar-refractivity contribution in [2.24, 2.45) is 0 Å². The standard InChI is InChI=1S/C13H25N3O3S/c1-10(2)15(3)5-4-14-13(19)16-6-7-20-9-11(16)8-12(17)18/h10-11H,4-9H2,1-3H3,(H,14,19)(H,17,18). The van der Waals surface area contributed by atoms with Crippen LogP contribution in [0.2, 0.25) is 0 Å². The van der Waals surface area contributed by atoms with Gasteiger partial charge in [-0.25, -0.2) is 4.79 Å². The van der Waals surface area contributed by atoms with Gasteiger partial charge in [-0.05, 0) is 20.9 Å². The molecule has 2 N–H and O–H groups in total. The summed E-state index contributed by atoms with van der Waals surface area (Å²) < 4.78 is 0. The van der Waals surface area contributed by atoms with Crippen molar-refractivity contribution >= 4 is 23.8 Å². The van der Waals surface area contributed by atoms with Gasteiger partial charge in [-0.1, -0.05) is 0 Å². The number of hydrogen-bond donors (Lipinski definition) is 2. The lowest BCUT2D eigenvalue weighted by Gasteiger charge is -2.34. The number of thioether (sulfide) groups is 1. The van der Waals surface area contributed by atoms with Crippen LogP contribution >= 0.6 is 11.8 Å². The van der Waals surface area contributed by atoms with E-state index in [1.807, 2.05) is 7.05 Å². The molecule has 0 bridgehead atoms. The summed E-state index contributed by atoms with van der Waals surface area (Å²) in [7, 11) is 2.02. The largest absolute Gasteiger partial charge is 0.481 e. The molecule has 1 fully saturated rings. The zero-order valence-corrected chi connectivity index (χ0v) is 13.3. The van der Waals surface area contributed by atoms with Crippen LogP contribution < -0.4 is 5.32 Å². The molecule has 0 radical (unpaired) electrons. The van der Waals surface area contributed by atoms with Crippen LogP contribution in [-0.2, 0) is 4.79 Å². The molecule has 1 atom stereocenters. The van der Waals surface area contributed by atoms with Gasteiger partial charge in [-0.15, -0.1) is 0 Å². The van der Waals surface area contributed by atoms with Crippen LogP contribution in [0.15, 0.2) is 0 Å². The number of carbonyl (C=O) groups is 2. The minimum Gasteiger partial charge on any atom is -0.481 e. The highest BCUT2D eigenvalue weighted by Gasteiger charge is 2.28. The summed E-state index contributed by atoms with van der Waals surface area (Å²) in [6.07, 6.45) is 0.0202. The molecule has 116 valence electrons.